The third kappa shape index (κ3) is 5.88. The van der Waals surface area contributed by atoms with Gasteiger partial charge < -0.3 is 4.57 Å². The van der Waals surface area contributed by atoms with Crippen LogP contribution in [-0.4, -0.2) is 31.7 Å². The van der Waals surface area contributed by atoms with Gasteiger partial charge in [0.25, 0.3) is 15.9 Å². The summed E-state index contributed by atoms with van der Waals surface area (Å²) in [6, 6.07) is 23.5. The normalized spacial score (nSPS) is 11.6. The molecule has 0 radical (unpaired) electrons. The first-order valence-corrected chi connectivity index (χ1v) is 13.5. The van der Waals surface area contributed by atoms with Crippen molar-refractivity contribution in [1.82, 2.24) is 9.99 Å². The molecule has 1 aromatic heterocycles. The molecule has 1 N–H and O–H groups in total. The Morgan fingerprint density at radius 2 is 1.62 bits per heavy atom. The molecule has 4 rings (SSSR count). The van der Waals surface area contributed by atoms with Crippen molar-refractivity contribution >= 4 is 51.0 Å². The van der Waals surface area contributed by atoms with Crippen molar-refractivity contribution < 1.29 is 13.2 Å². The zero-order valence-corrected chi connectivity index (χ0v) is 22.4. The fourth-order valence-electron chi connectivity index (χ4n) is 3.91. The molecule has 37 heavy (non-hydrogen) atoms. The Balaban J connectivity index is 1.54. The highest BCUT2D eigenvalue weighted by atomic mass is 35.5. The first-order valence-electron chi connectivity index (χ1n) is 11.3. The van der Waals surface area contributed by atoms with Crippen molar-refractivity contribution in [2.24, 2.45) is 5.10 Å². The number of sulfonamides is 1. The molecular weight excluding hydrogens is 531 g/mol. The molecule has 190 valence electrons. The van der Waals surface area contributed by atoms with Crippen LogP contribution in [-0.2, 0) is 14.8 Å². The Kier molecular flexibility index (Phi) is 8.02. The second kappa shape index (κ2) is 11.2. The van der Waals surface area contributed by atoms with Gasteiger partial charge in [-0.05, 0) is 62.4 Å². The number of halogens is 2. The number of anilines is 1. The number of hydrogen-bond donors (Lipinski definition) is 1. The molecule has 0 spiro atoms. The number of nitrogens with zero attached hydrogens (tertiary/aromatic N) is 3. The second-order valence-corrected chi connectivity index (χ2v) is 10.9. The van der Waals surface area contributed by atoms with Crippen LogP contribution in [0, 0.1) is 13.8 Å². The number of aromatic nitrogens is 1. The van der Waals surface area contributed by atoms with Crippen LogP contribution >= 0.6 is 23.2 Å². The van der Waals surface area contributed by atoms with Crippen LogP contribution in [0.15, 0.2) is 94.9 Å². The fraction of sp³-hybridized carbons (Fsp3) is 0.111. The van der Waals surface area contributed by atoms with Crippen LogP contribution in [0.5, 0.6) is 0 Å². The molecule has 0 unspecified atom stereocenters. The van der Waals surface area contributed by atoms with E-state index in [2.05, 4.69) is 10.5 Å². The quantitative estimate of drug-likeness (QED) is 0.222. The molecule has 0 aliphatic heterocycles. The average molecular weight is 555 g/mol. The molecule has 0 saturated heterocycles. The van der Waals surface area contributed by atoms with Gasteiger partial charge in [0.2, 0.25) is 0 Å². The molecule has 7 nitrogen and oxygen atoms in total. The molecule has 0 aliphatic carbocycles. The molecule has 0 aliphatic rings. The van der Waals surface area contributed by atoms with Gasteiger partial charge in [-0.3, -0.25) is 9.10 Å². The number of aryl methyl sites for hydroxylation is 1. The summed E-state index contributed by atoms with van der Waals surface area (Å²) in [4.78, 5) is 12.9. The summed E-state index contributed by atoms with van der Waals surface area (Å²) in [7, 11) is -3.98. The maximum Gasteiger partial charge on any atom is 0.264 e. The minimum Gasteiger partial charge on any atom is -0.316 e. The molecule has 1 amide bonds. The van der Waals surface area contributed by atoms with Crippen molar-refractivity contribution in [3.63, 3.8) is 0 Å². The second-order valence-electron chi connectivity index (χ2n) is 8.21. The smallest absolute Gasteiger partial charge is 0.264 e. The van der Waals surface area contributed by atoms with Crippen LogP contribution in [0.25, 0.3) is 5.69 Å². The molecule has 1 heterocycles. The summed E-state index contributed by atoms with van der Waals surface area (Å²) in [5, 5.41) is 5.18. The number of nitrogens with one attached hydrogen (secondary N) is 1. The highest BCUT2D eigenvalue weighted by Gasteiger charge is 2.27. The van der Waals surface area contributed by atoms with Crippen LogP contribution < -0.4 is 9.73 Å². The summed E-state index contributed by atoms with van der Waals surface area (Å²) < 4.78 is 29.6. The Morgan fingerprint density at radius 1 is 0.973 bits per heavy atom. The van der Waals surface area contributed by atoms with E-state index in [9.17, 15) is 13.2 Å². The van der Waals surface area contributed by atoms with E-state index in [4.69, 9.17) is 23.2 Å². The number of carbonyl (C=O) groups excluding carboxylic acids is 1. The Morgan fingerprint density at radius 3 is 2.30 bits per heavy atom. The molecule has 0 atom stereocenters. The van der Waals surface area contributed by atoms with Gasteiger partial charge >= 0.3 is 0 Å². The Bertz CT molecular complexity index is 1550. The number of hydrazone groups is 1. The Labute approximate surface area is 226 Å². The summed E-state index contributed by atoms with van der Waals surface area (Å²) in [5.74, 6) is -0.591. The maximum atomic E-state index is 13.3. The van der Waals surface area contributed by atoms with E-state index in [0.717, 1.165) is 26.9 Å². The van der Waals surface area contributed by atoms with E-state index in [1.54, 1.807) is 66.7 Å². The van der Waals surface area contributed by atoms with Gasteiger partial charge in [0.1, 0.15) is 6.54 Å². The lowest BCUT2D eigenvalue weighted by molar-refractivity contribution is -0.119. The van der Waals surface area contributed by atoms with Crippen LogP contribution in [0.2, 0.25) is 10.0 Å². The summed E-state index contributed by atoms with van der Waals surface area (Å²) >= 11 is 12.5. The topological polar surface area (TPSA) is 83.8 Å². The van der Waals surface area contributed by atoms with E-state index in [1.165, 1.54) is 18.3 Å². The van der Waals surface area contributed by atoms with Gasteiger partial charge in [0.05, 0.1) is 27.5 Å². The highest BCUT2D eigenvalue weighted by molar-refractivity contribution is 7.92. The number of para-hydroxylation sites is 1. The fourth-order valence-corrected chi connectivity index (χ4v) is 5.73. The van der Waals surface area contributed by atoms with Crippen LogP contribution in [0.3, 0.4) is 0 Å². The first-order chi connectivity index (χ1) is 17.7. The van der Waals surface area contributed by atoms with Crippen molar-refractivity contribution in [3.8, 4) is 5.69 Å². The lowest BCUT2D eigenvalue weighted by Crippen LogP contribution is -2.39. The Hall–Kier alpha value is -3.59. The SMILES string of the molecule is Cc1cc(/C=N/NC(=O)CN(c2ccccc2)S(=O)(=O)c2ccccc2)c(C)n1-c1cc(Cl)ccc1Cl. The van der Waals surface area contributed by atoms with E-state index < -0.39 is 22.5 Å². The van der Waals surface area contributed by atoms with E-state index >= 15 is 0 Å². The van der Waals surface area contributed by atoms with Crippen molar-refractivity contribution in [2.75, 3.05) is 10.8 Å². The van der Waals surface area contributed by atoms with E-state index in [-0.39, 0.29) is 4.90 Å². The lowest BCUT2D eigenvalue weighted by Gasteiger charge is -2.23. The summed E-state index contributed by atoms with van der Waals surface area (Å²) in [6.45, 7) is 3.37. The largest absolute Gasteiger partial charge is 0.316 e. The number of amides is 1. The summed E-state index contributed by atoms with van der Waals surface area (Å²) in [5.41, 5.74) is 6.04. The van der Waals surface area contributed by atoms with Gasteiger partial charge in [-0.2, -0.15) is 5.10 Å². The van der Waals surface area contributed by atoms with Crippen LogP contribution in [0.4, 0.5) is 5.69 Å². The third-order valence-electron chi connectivity index (χ3n) is 5.67. The van der Waals surface area contributed by atoms with E-state index in [0.29, 0.717) is 15.7 Å². The zero-order valence-electron chi connectivity index (χ0n) is 20.1. The highest BCUT2D eigenvalue weighted by Crippen LogP contribution is 2.28. The molecule has 3 aromatic carbocycles. The first kappa shape index (κ1) is 26.5. The predicted molar refractivity (Wildman–Crippen MR) is 148 cm³/mol. The number of rotatable bonds is 8. The minimum atomic E-state index is -3.98. The maximum absolute atomic E-state index is 13.3. The number of benzene rings is 3. The molecule has 0 saturated carbocycles. The zero-order chi connectivity index (χ0) is 26.6. The number of hydrogen-bond acceptors (Lipinski definition) is 4. The third-order valence-corrected chi connectivity index (χ3v) is 8.02. The molecular formula is C27H24Cl2N4O3S. The minimum absolute atomic E-state index is 0.0854. The lowest BCUT2D eigenvalue weighted by atomic mass is 10.2. The molecule has 0 bridgehead atoms. The van der Waals surface area contributed by atoms with Gasteiger partial charge in [-0.25, -0.2) is 13.8 Å². The average Bonchev–Trinajstić information content (AvgIpc) is 3.17. The number of carbonyl (C=O) groups is 1. The van der Waals surface area contributed by atoms with Crippen molar-refractivity contribution in [2.45, 2.75) is 18.7 Å². The molecule has 10 heteroatoms. The van der Waals surface area contributed by atoms with Gasteiger partial charge in [-0.1, -0.05) is 59.6 Å². The monoisotopic (exact) mass is 554 g/mol. The van der Waals surface area contributed by atoms with E-state index in [1.807, 2.05) is 24.5 Å². The summed E-state index contributed by atoms with van der Waals surface area (Å²) in [6.07, 6.45) is 1.51. The van der Waals surface area contributed by atoms with Crippen LogP contribution in [0.1, 0.15) is 17.0 Å². The van der Waals surface area contributed by atoms with Gasteiger partial charge in [0, 0.05) is 22.0 Å². The van der Waals surface area contributed by atoms with Gasteiger partial charge in [0.15, 0.2) is 0 Å². The standard InChI is InChI=1S/C27H24Cl2N4O3S/c1-19-15-21(20(2)33(19)26-16-22(28)13-14-25(26)29)17-30-31-27(34)18-32(23-9-5-3-6-10-23)37(35,36)24-11-7-4-8-12-24/h3-17H,18H2,1-2H3,(H,31,34)/b30-17+. The molecule has 4 aromatic rings. The molecule has 0 fully saturated rings. The predicted octanol–water partition coefficient (Wildman–Crippen LogP) is 5.75. The van der Waals surface area contributed by atoms with Crippen molar-refractivity contribution in [1.29, 1.82) is 0 Å². The van der Waals surface area contributed by atoms with Gasteiger partial charge in [-0.15, -0.1) is 0 Å². The van der Waals surface area contributed by atoms with Crippen molar-refractivity contribution in [3.05, 3.63) is 112 Å².